The lowest BCUT2D eigenvalue weighted by Gasteiger charge is -2.34. The van der Waals surface area contributed by atoms with Crippen LogP contribution in [0, 0.1) is 5.92 Å². The molecule has 0 aliphatic carbocycles. The van der Waals surface area contributed by atoms with Gasteiger partial charge in [0.2, 0.25) is 5.91 Å². The second-order valence-corrected chi connectivity index (χ2v) is 9.48. The van der Waals surface area contributed by atoms with Crippen molar-refractivity contribution in [3.8, 4) is 0 Å². The van der Waals surface area contributed by atoms with Gasteiger partial charge in [-0.1, -0.05) is 5.21 Å². The number of nitrogens with zero attached hydrogens (tertiary/aromatic N) is 5. The van der Waals surface area contributed by atoms with Gasteiger partial charge in [0.25, 0.3) is 0 Å². The molecule has 3 saturated heterocycles. The Bertz CT molecular complexity index is 684. The van der Waals surface area contributed by atoms with Crippen LogP contribution in [0.2, 0.25) is 0 Å². The van der Waals surface area contributed by atoms with Crippen LogP contribution in [-0.2, 0) is 11.3 Å². The Kier molecular flexibility index (Phi) is 5.46. The van der Waals surface area contributed by atoms with Gasteiger partial charge in [0.1, 0.15) is 0 Å². The second kappa shape index (κ2) is 7.72. The maximum atomic E-state index is 12.9. The maximum absolute atomic E-state index is 12.9. The van der Waals surface area contributed by atoms with Crippen LogP contribution in [0.3, 0.4) is 0 Å². The predicted octanol–water partition coefficient (Wildman–Crippen LogP) is 1.32. The molecule has 8 heteroatoms. The smallest absolute Gasteiger partial charge is 0.228 e. The molecule has 0 radical (unpaired) electrons. The Labute approximate surface area is 168 Å². The molecule has 2 N–H and O–H groups in total. The van der Waals surface area contributed by atoms with Gasteiger partial charge in [-0.2, -0.15) is 0 Å². The van der Waals surface area contributed by atoms with Crippen molar-refractivity contribution in [1.29, 1.82) is 0 Å². The van der Waals surface area contributed by atoms with Gasteiger partial charge >= 0.3 is 0 Å². The Morgan fingerprint density at radius 1 is 1.18 bits per heavy atom. The summed E-state index contributed by atoms with van der Waals surface area (Å²) in [5.74, 6) is 0.282. The van der Waals surface area contributed by atoms with Crippen molar-refractivity contribution in [2.75, 3.05) is 19.6 Å². The van der Waals surface area contributed by atoms with E-state index >= 15 is 0 Å². The molecule has 1 aromatic heterocycles. The monoisotopic (exact) mass is 389 g/mol. The van der Waals surface area contributed by atoms with Crippen molar-refractivity contribution < 1.29 is 4.79 Å². The number of carbonyl (C=O) groups excluding carboxylic acids is 1. The highest BCUT2D eigenvalue weighted by atomic mass is 16.2. The van der Waals surface area contributed by atoms with E-state index in [9.17, 15) is 4.79 Å². The molecule has 3 aliphatic heterocycles. The number of aromatic nitrogens is 3. The third-order valence-corrected chi connectivity index (χ3v) is 7.03. The summed E-state index contributed by atoms with van der Waals surface area (Å²) in [6.07, 6.45) is 6.51. The molecule has 1 amide bonds. The lowest BCUT2D eigenvalue weighted by Crippen LogP contribution is -2.46. The van der Waals surface area contributed by atoms with E-state index in [2.05, 4.69) is 60.0 Å². The van der Waals surface area contributed by atoms with Gasteiger partial charge < -0.3 is 4.90 Å². The van der Waals surface area contributed by atoms with Crippen molar-refractivity contribution in [3.05, 3.63) is 11.9 Å². The normalized spacial score (nSPS) is 31.6. The van der Waals surface area contributed by atoms with E-state index in [1.807, 2.05) is 9.58 Å². The number of likely N-dealkylation sites (tertiary alicyclic amines) is 2. The zero-order chi connectivity index (χ0) is 19.9. The van der Waals surface area contributed by atoms with Gasteiger partial charge in [0.15, 0.2) is 0 Å². The van der Waals surface area contributed by atoms with E-state index in [-0.39, 0.29) is 29.4 Å². The van der Waals surface area contributed by atoms with Crippen molar-refractivity contribution in [1.82, 2.24) is 35.6 Å². The van der Waals surface area contributed by atoms with Crippen LogP contribution in [0.5, 0.6) is 0 Å². The highest BCUT2D eigenvalue weighted by Gasteiger charge is 2.39. The van der Waals surface area contributed by atoms with Gasteiger partial charge in [0, 0.05) is 37.3 Å². The summed E-state index contributed by atoms with van der Waals surface area (Å²) in [5.41, 5.74) is 7.69. The molecule has 4 rings (SSSR count). The molecule has 0 saturated carbocycles. The average Bonchev–Trinajstić information content (AvgIpc) is 3.35. The van der Waals surface area contributed by atoms with Gasteiger partial charge in [-0.25, -0.2) is 4.68 Å². The number of rotatable bonds is 4. The first-order chi connectivity index (χ1) is 13.3. The zero-order valence-corrected chi connectivity index (χ0v) is 17.7. The lowest BCUT2D eigenvalue weighted by molar-refractivity contribution is -0.137. The summed E-state index contributed by atoms with van der Waals surface area (Å²) in [5, 5.41) is 8.85. The number of hydrogen-bond acceptors (Lipinski definition) is 6. The minimum atomic E-state index is 0.0124. The highest BCUT2D eigenvalue weighted by molar-refractivity contribution is 5.80. The van der Waals surface area contributed by atoms with Gasteiger partial charge in [-0.3, -0.25) is 20.5 Å². The van der Waals surface area contributed by atoms with Crippen LogP contribution in [-0.4, -0.2) is 68.0 Å². The molecular weight excluding hydrogens is 354 g/mol. The highest BCUT2D eigenvalue weighted by Crippen LogP contribution is 2.30. The number of piperidine rings is 1. The van der Waals surface area contributed by atoms with E-state index in [4.69, 9.17) is 0 Å². The molecule has 0 bridgehead atoms. The van der Waals surface area contributed by atoms with Crippen LogP contribution in [0.4, 0.5) is 0 Å². The van der Waals surface area contributed by atoms with Crippen LogP contribution in [0.25, 0.3) is 0 Å². The molecule has 1 aromatic rings. The summed E-state index contributed by atoms with van der Waals surface area (Å²) < 4.78 is 2.03. The summed E-state index contributed by atoms with van der Waals surface area (Å²) in [6.45, 7) is 12.4. The summed E-state index contributed by atoms with van der Waals surface area (Å²) >= 11 is 0. The number of amides is 1. The SMILES string of the molecule is CC1NNC(C)C1C(=O)N1CCC(n2cc(CN3CCCC3(C)C)nn2)CC1. The average molecular weight is 390 g/mol. The van der Waals surface area contributed by atoms with Crippen molar-refractivity contribution >= 4 is 5.91 Å². The second-order valence-electron chi connectivity index (χ2n) is 9.48. The Hall–Kier alpha value is -1.51. The van der Waals surface area contributed by atoms with E-state index in [0.29, 0.717) is 6.04 Å². The molecule has 28 heavy (non-hydrogen) atoms. The zero-order valence-electron chi connectivity index (χ0n) is 17.7. The molecule has 8 nitrogen and oxygen atoms in total. The van der Waals surface area contributed by atoms with Crippen molar-refractivity contribution in [3.63, 3.8) is 0 Å². The van der Waals surface area contributed by atoms with E-state index in [1.165, 1.54) is 12.8 Å². The van der Waals surface area contributed by atoms with Gasteiger partial charge in [-0.05, 0) is 59.9 Å². The fraction of sp³-hybridized carbons (Fsp3) is 0.850. The van der Waals surface area contributed by atoms with Crippen LogP contribution in [0.15, 0.2) is 6.20 Å². The summed E-state index contributed by atoms with van der Waals surface area (Å²) in [6, 6.07) is 0.687. The number of hydrogen-bond donors (Lipinski definition) is 2. The quantitative estimate of drug-likeness (QED) is 0.809. The summed E-state index contributed by atoms with van der Waals surface area (Å²) in [4.78, 5) is 17.5. The van der Waals surface area contributed by atoms with Gasteiger partial charge in [0.05, 0.1) is 23.9 Å². The largest absolute Gasteiger partial charge is 0.342 e. The van der Waals surface area contributed by atoms with E-state index in [0.717, 1.165) is 44.7 Å². The molecule has 0 aromatic carbocycles. The summed E-state index contributed by atoms with van der Waals surface area (Å²) in [7, 11) is 0. The Morgan fingerprint density at radius 3 is 2.46 bits per heavy atom. The predicted molar refractivity (Wildman–Crippen MR) is 107 cm³/mol. The third kappa shape index (κ3) is 3.82. The standard InChI is InChI=1S/C20H35N7O/c1-14-18(15(2)22-21-14)19(28)25-10-6-17(7-11-25)27-13-16(23-24-27)12-26-9-5-8-20(26,3)4/h13-15,17-18,21-22H,5-12H2,1-4H3. The minimum Gasteiger partial charge on any atom is -0.342 e. The fourth-order valence-corrected chi connectivity index (χ4v) is 5.08. The number of hydrazine groups is 1. The molecular formula is C20H35N7O. The molecule has 2 unspecified atom stereocenters. The first-order valence-corrected chi connectivity index (χ1v) is 10.8. The van der Waals surface area contributed by atoms with Gasteiger partial charge in [-0.15, -0.1) is 5.10 Å². The van der Waals surface area contributed by atoms with E-state index in [1.54, 1.807) is 0 Å². The number of carbonyl (C=O) groups is 1. The van der Waals surface area contributed by atoms with Crippen LogP contribution in [0.1, 0.15) is 65.1 Å². The van der Waals surface area contributed by atoms with Crippen molar-refractivity contribution in [2.24, 2.45) is 5.92 Å². The Balaban J connectivity index is 1.32. The molecule has 3 fully saturated rings. The molecule has 3 aliphatic rings. The molecule has 0 spiro atoms. The maximum Gasteiger partial charge on any atom is 0.228 e. The number of nitrogens with one attached hydrogen (secondary N) is 2. The van der Waals surface area contributed by atoms with E-state index < -0.39 is 0 Å². The van der Waals surface area contributed by atoms with Crippen LogP contribution >= 0.6 is 0 Å². The van der Waals surface area contributed by atoms with Crippen molar-refractivity contribution in [2.45, 2.75) is 83.6 Å². The fourth-order valence-electron chi connectivity index (χ4n) is 5.08. The lowest BCUT2D eigenvalue weighted by atomic mass is 9.93. The first-order valence-electron chi connectivity index (χ1n) is 10.8. The third-order valence-electron chi connectivity index (χ3n) is 7.03. The topological polar surface area (TPSA) is 78.3 Å². The molecule has 156 valence electrons. The first kappa shape index (κ1) is 19.8. The minimum absolute atomic E-state index is 0.0124. The molecule has 4 heterocycles. The molecule has 2 atom stereocenters. The van der Waals surface area contributed by atoms with Crippen LogP contribution < -0.4 is 10.9 Å². The Morgan fingerprint density at radius 2 is 1.86 bits per heavy atom.